The van der Waals surface area contributed by atoms with Gasteiger partial charge in [0.1, 0.15) is 24.7 Å². The highest BCUT2D eigenvalue weighted by Crippen LogP contribution is 2.28. The van der Waals surface area contributed by atoms with Crippen LogP contribution < -0.4 is 9.47 Å². The Balaban J connectivity index is 1.21. The number of rotatable bonds is 12. The van der Waals surface area contributed by atoms with E-state index >= 15 is 0 Å². The quantitative estimate of drug-likeness (QED) is 0.170. The maximum atomic E-state index is 14.1. The predicted molar refractivity (Wildman–Crippen MR) is 143 cm³/mol. The van der Waals surface area contributed by atoms with Crippen molar-refractivity contribution < 1.29 is 31.9 Å². The van der Waals surface area contributed by atoms with Crippen LogP contribution in [0, 0.1) is 11.6 Å². The van der Waals surface area contributed by atoms with E-state index in [9.17, 15) is 13.3 Å². The van der Waals surface area contributed by atoms with Crippen LogP contribution in [0.1, 0.15) is 11.1 Å². The molecule has 38 heavy (non-hydrogen) atoms. The van der Waals surface area contributed by atoms with Crippen LogP contribution in [-0.2, 0) is 13.6 Å². The van der Waals surface area contributed by atoms with E-state index in [1.807, 2.05) is 12.1 Å². The van der Waals surface area contributed by atoms with Crippen molar-refractivity contribution in [2.75, 3.05) is 13.2 Å². The van der Waals surface area contributed by atoms with Crippen LogP contribution in [0.4, 0.5) is 8.78 Å². The zero-order valence-electron chi connectivity index (χ0n) is 20.2. The van der Waals surface area contributed by atoms with E-state index in [1.165, 1.54) is 12.1 Å². The third-order valence-electron chi connectivity index (χ3n) is 5.03. The second-order valence-electron chi connectivity index (χ2n) is 7.83. The van der Waals surface area contributed by atoms with E-state index in [2.05, 4.69) is 0 Å². The maximum Gasteiger partial charge on any atom is 0.698 e. The van der Waals surface area contributed by atoms with Crippen LogP contribution in [-0.4, -0.2) is 13.2 Å². The van der Waals surface area contributed by atoms with Gasteiger partial charge in [-0.2, -0.15) is 0 Å². The molecule has 0 unspecified atom stereocenters. The van der Waals surface area contributed by atoms with Gasteiger partial charge in [-0.1, -0.05) is 72.8 Å². The van der Waals surface area contributed by atoms with Crippen LogP contribution in [0.25, 0.3) is 12.2 Å². The molecule has 0 heterocycles. The van der Waals surface area contributed by atoms with Gasteiger partial charge in [0.25, 0.3) is 0 Å². The Kier molecular flexibility index (Phi) is 9.88. The lowest BCUT2D eigenvalue weighted by Gasteiger charge is -2.07. The predicted octanol–water partition coefficient (Wildman–Crippen LogP) is 8.97. The summed E-state index contributed by atoms with van der Waals surface area (Å²) in [7, 11) is -2.35. The largest absolute Gasteiger partial charge is 0.698 e. The normalized spacial score (nSPS) is 11.2. The van der Waals surface area contributed by atoms with Gasteiger partial charge in [-0.15, -0.1) is 9.05 Å². The summed E-state index contributed by atoms with van der Waals surface area (Å²) in [5.74, 6) is 0.291. The van der Waals surface area contributed by atoms with Crippen LogP contribution in [0.2, 0.25) is 0 Å². The first-order valence-electron chi connectivity index (χ1n) is 11.7. The summed E-state index contributed by atoms with van der Waals surface area (Å²) < 4.78 is 61.6. The Morgan fingerprint density at radius 2 is 1.03 bits per heavy atom. The van der Waals surface area contributed by atoms with Crippen molar-refractivity contribution in [3.63, 3.8) is 0 Å². The van der Waals surface area contributed by atoms with Gasteiger partial charge < -0.3 is 9.47 Å². The molecule has 0 saturated heterocycles. The van der Waals surface area contributed by atoms with Gasteiger partial charge in [0, 0.05) is 4.57 Å². The van der Waals surface area contributed by atoms with Gasteiger partial charge >= 0.3 is 8.25 Å². The first kappa shape index (κ1) is 26.9. The molecule has 0 aliphatic carbocycles. The molecule has 0 spiro atoms. The van der Waals surface area contributed by atoms with Crippen molar-refractivity contribution in [1.82, 2.24) is 0 Å². The van der Waals surface area contributed by atoms with Crippen LogP contribution in [0.15, 0.2) is 109 Å². The molecule has 0 amide bonds. The molecule has 8 heteroatoms. The van der Waals surface area contributed by atoms with Gasteiger partial charge in [0.15, 0.2) is 23.1 Å². The van der Waals surface area contributed by atoms with Gasteiger partial charge in [-0.25, -0.2) is 8.78 Å². The van der Waals surface area contributed by atoms with Crippen molar-refractivity contribution in [3.05, 3.63) is 132 Å². The molecule has 0 aliphatic rings. The highest BCUT2D eigenvalue weighted by atomic mass is 31.1. The third kappa shape index (κ3) is 8.46. The summed E-state index contributed by atoms with van der Waals surface area (Å²) in [6.45, 7) is 0.0621. The summed E-state index contributed by atoms with van der Waals surface area (Å²) in [6, 6.07) is 26.8. The Bertz CT molecular complexity index is 1300. The van der Waals surface area contributed by atoms with Crippen molar-refractivity contribution >= 4 is 20.4 Å². The smallest absolute Gasteiger partial charge is 0.454 e. The van der Waals surface area contributed by atoms with E-state index in [4.69, 9.17) is 18.5 Å². The lowest BCUT2D eigenvalue weighted by Crippen LogP contribution is -1.90. The van der Waals surface area contributed by atoms with Crippen LogP contribution in [0.3, 0.4) is 0 Å². The molecule has 4 aromatic carbocycles. The zero-order valence-corrected chi connectivity index (χ0v) is 21.1. The number of benzene rings is 4. The zero-order chi connectivity index (χ0) is 26.6. The summed E-state index contributed by atoms with van der Waals surface area (Å²) in [6.07, 6.45) is 6.67. The summed E-state index contributed by atoms with van der Waals surface area (Å²) in [4.78, 5) is 0. The SMILES string of the molecule is O=[P+](OC/C=C/c1ccc(F)c(Oc2ccccc2)c1)OC/C=C/c1ccc(F)c(Oc2ccccc2)c1. The molecular weight excluding hydrogens is 509 g/mol. The van der Waals surface area contributed by atoms with Crippen LogP contribution >= 0.6 is 8.25 Å². The van der Waals surface area contributed by atoms with Crippen molar-refractivity contribution in [2.24, 2.45) is 0 Å². The average Bonchev–Trinajstić information content (AvgIpc) is 2.93. The first-order valence-corrected chi connectivity index (χ1v) is 12.8. The number of halogens is 2. The molecular formula is C30H24F2O5P+. The lowest BCUT2D eigenvalue weighted by molar-refractivity contribution is 0.261. The van der Waals surface area contributed by atoms with Gasteiger partial charge in [-0.3, -0.25) is 0 Å². The topological polar surface area (TPSA) is 54.0 Å². The van der Waals surface area contributed by atoms with E-state index in [1.54, 1.807) is 97.1 Å². The molecule has 0 fully saturated rings. The molecule has 0 aliphatic heterocycles. The molecule has 0 aromatic heterocycles. The van der Waals surface area contributed by atoms with Gasteiger partial charge in [0.2, 0.25) is 0 Å². The van der Waals surface area contributed by atoms with E-state index in [0.717, 1.165) is 0 Å². The second kappa shape index (κ2) is 14.0. The Morgan fingerprint density at radius 1 is 0.605 bits per heavy atom. The summed E-state index contributed by atoms with van der Waals surface area (Å²) in [5.41, 5.74) is 1.38. The molecule has 0 atom stereocenters. The first-order chi connectivity index (χ1) is 18.6. The van der Waals surface area contributed by atoms with E-state index in [0.29, 0.717) is 22.6 Å². The standard InChI is InChI=1S/C30H24F2O5P/c31-27-17-15-23(21-29(27)36-25-11-3-1-4-12-25)9-7-19-34-38(33)35-20-8-10-24-16-18-28(32)30(22-24)37-26-13-5-2-6-14-26/h1-18,21-22H,19-20H2/q+1/b9-7+,10-8+. The fraction of sp³-hybridized carbons (Fsp3) is 0.0667. The minimum Gasteiger partial charge on any atom is -0.454 e. The van der Waals surface area contributed by atoms with Crippen LogP contribution in [0.5, 0.6) is 23.0 Å². The maximum absolute atomic E-state index is 14.1. The molecule has 0 bridgehead atoms. The highest BCUT2D eigenvalue weighted by Gasteiger charge is 2.17. The second-order valence-corrected chi connectivity index (χ2v) is 8.79. The number of hydrogen-bond acceptors (Lipinski definition) is 5. The summed E-state index contributed by atoms with van der Waals surface area (Å²) >= 11 is 0. The van der Waals surface area contributed by atoms with Crippen molar-refractivity contribution in [2.45, 2.75) is 0 Å². The molecule has 0 radical (unpaired) electrons. The number of para-hydroxylation sites is 2. The van der Waals surface area contributed by atoms with E-state index < -0.39 is 19.9 Å². The monoisotopic (exact) mass is 533 g/mol. The number of hydrogen-bond donors (Lipinski definition) is 0. The fourth-order valence-electron chi connectivity index (χ4n) is 3.25. The third-order valence-corrected chi connectivity index (χ3v) is 5.75. The lowest BCUT2D eigenvalue weighted by atomic mass is 10.2. The Labute approximate surface area is 220 Å². The van der Waals surface area contributed by atoms with Gasteiger partial charge in [-0.05, 0) is 59.7 Å². The molecule has 0 saturated carbocycles. The Hall–Kier alpha value is -4.16. The average molecular weight is 533 g/mol. The molecule has 5 nitrogen and oxygen atoms in total. The molecule has 192 valence electrons. The van der Waals surface area contributed by atoms with Crippen molar-refractivity contribution in [1.29, 1.82) is 0 Å². The molecule has 4 rings (SSSR count). The fourth-order valence-corrected chi connectivity index (χ4v) is 3.74. The molecule has 0 N–H and O–H groups in total. The molecule has 4 aromatic rings. The summed E-state index contributed by atoms with van der Waals surface area (Å²) in [5, 5.41) is 0. The van der Waals surface area contributed by atoms with E-state index in [-0.39, 0.29) is 24.7 Å². The van der Waals surface area contributed by atoms with Crippen molar-refractivity contribution in [3.8, 4) is 23.0 Å². The minimum absolute atomic E-state index is 0.0311. The highest BCUT2D eigenvalue weighted by molar-refractivity contribution is 7.33. The van der Waals surface area contributed by atoms with Gasteiger partial charge in [0.05, 0.1) is 0 Å². The Morgan fingerprint density at radius 3 is 1.45 bits per heavy atom. The minimum atomic E-state index is -2.35. The number of ether oxygens (including phenoxy) is 2.